The van der Waals surface area contributed by atoms with Crippen molar-refractivity contribution in [3.8, 4) is 11.5 Å². The first-order chi connectivity index (χ1) is 12.0. The summed E-state index contributed by atoms with van der Waals surface area (Å²) < 4.78 is 32.0. The van der Waals surface area contributed by atoms with Gasteiger partial charge in [0.25, 0.3) is 5.91 Å². The van der Waals surface area contributed by atoms with Crippen molar-refractivity contribution in [1.29, 1.82) is 0 Å². The Kier molecular flexibility index (Phi) is 4.99. The summed E-state index contributed by atoms with van der Waals surface area (Å²) in [5.74, 6) is -1.16. The number of amides is 1. The van der Waals surface area contributed by atoms with Crippen molar-refractivity contribution in [2.24, 2.45) is 0 Å². The molecule has 132 valence electrons. The number of rotatable bonds is 3. The molecule has 1 heterocycles. The maximum absolute atomic E-state index is 13.6. The van der Waals surface area contributed by atoms with Crippen LogP contribution in [0.25, 0.3) is 0 Å². The van der Waals surface area contributed by atoms with E-state index in [0.29, 0.717) is 17.9 Å². The van der Waals surface area contributed by atoms with Crippen LogP contribution in [-0.4, -0.2) is 36.0 Å². The molecule has 2 atom stereocenters. The van der Waals surface area contributed by atoms with Crippen LogP contribution in [0.4, 0.5) is 8.78 Å². The van der Waals surface area contributed by atoms with Crippen LogP contribution >= 0.6 is 0 Å². The molecule has 0 bridgehead atoms. The zero-order valence-corrected chi connectivity index (χ0v) is 14.1. The third-order valence-electron chi connectivity index (χ3n) is 4.52. The molecule has 1 aliphatic rings. The number of hydrogen-bond acceptors (Lipinski definition) is 3. The molecular weight excluding hydrogens is 326 g/mol. The fraction of sp³-hybridized carbons (Fsp3) is 0.316. The van der Waals surface area contributed by atoms with Gasteiger partial charge in [-0.2, -0.15) is 0 Å². The van der Waals surface area contributed by atoms with Crippen molar-refractivity contribution >= 4 is 5.91 Å². The first kappa shape index (κ1) is 17.4. The van der Waals surface area contributed by atoms with Gasteiger partial charge in [0, 0.05) is 36.8 Å². The first-order valence-electron chi connectivity index (χ1n) is 8.23. The maximum atomic E-state index is 13.6. The van der Waals surface area contributed by atoms with E-state index in [-0.39, 0.29) is 23.7 Å². The SMILES string of the molecule is CC1NCCN(C(=O)c2ccc(Oc3ccc(F)cc3F)cc2)C1C. The van der Waals surface area contributed by atoms with Gasteiger partial charge in [0.15, 0.2) is 11.6 Å². The van der Waals surface area contributed by atoms with E-state index in [9.17, 15) is 13.6 Å². The van der Waals surface area contributed by atoms with Crippen LogP contribution in [0.1, 0.15) is 24.2 Å². The minimum atomic E-state index is -0.774. The molecule has 2 aromatic carbocycles. The van der Waals surface area contributed by atoms with Gasteiger partial charge < -0.3 is 15.0 Å². The van der Waals surface area contributed by atoms with Gasteiger partial charge >= 0.3 is 0 Å². The summed E-state index contributed by atoms with van der Waals surface area (Å²) in [7, 11) is 0. The Morgan fingerprint density at radius 1 is 1.16 bits per heavy atom. The molecular formula is C19H20F2N2O2. The average Bonchev–Trinajstić information content (AvgIpc) is 2.60. The van der Waals surface area contributed by atoms with Crippen molar-refractivity contribution < 1.29 is 18.3 Å². The first-order valence-corrected chi connectivity index (χ1v) is 8.23. The molecule has 0 spiro atoms. The van der Waals surface area contributed by atoms with Crippen LogP contribution in [0.2, 0.25) is 0 Å². The second-order valence-corrected chi connectivity index (χ2v) is 6.18. The second-order valence-electron chi connectivity index (χ2n) is 6.18. The predicted molar refractivity (Wildman–Crippen MR) is 90.8 cm³/mol. The molecule has 2 aromatic rings. The molecule has 3 rings (SSSR count). The monoisotopic (exact) mass is 346 g/mol. The van der Waals surface area contributed by atoms with E-state index in [4.69, 9.17) is 4.74 Å². The largest absolute Gasteiger partial charge is 0.454 e. The van der Waals surface area contributed by atoms with Gasteiger partial charge in [-0.15, -0.1) is 0 Å². The number of nitrogens with one attached hydrogen (secondary N) is 1. The zero-order chi connectivity index (χ0) is 18.0. The molecule has 1 amide bonds. The van der Waals surface area contributed by atoms with Gasteiger partial charge in [-0.25, -0.2) is 8.78 Å². The molecule has 1 saturated heterocycles. The van der Waals surface area contributed by atoms with Crippen molar-refractivity contribution in [2.45, 2.75) is 25.9 Å². The number of carbonyl (C=O) groups excluding carboxylic acids is 1. The molecule has 0 saturated carbocycles. The Morgan fingerprint density at radius 2 is 1.88 bits per heavy atom. The highest BCUT2D eigenvalue weighted by atomic mass is 19.1. The lowest BCUT2D eigenvalue weighted by atomic mass is 10.1. The predicted octanol–water partition coefficient (Wildman–Crippen LogP) is 3.58. The molecule has 4 nitrogen and oxygen atoms in total. The summed E-state index contributed by atoms with van der Waals surface area (Å²) in [5, 5.41) is 3.34. The Hall–Kier alpha value is -2.47. The van der Waals surface area contributed by atoms with Crippen LogP contribution < -0.4 is 10.1 Å². The molecule has 1 N–H and O–H groups in total. The van der Waals surface area contributed by atoms with Crippen LogP contribution in [0.3, 0.4) is 0 Å². The van der Waals surface area contributed by atoms with Crippen molar-refractivity contribution in [2.75, 3.05) is 13.1 Å². The van der Waals surface area contributed by atoms with Gasteiger partial charge in [0.2, 0.25) is 0 Å². The van der Waals surface area contributed by atoms with E-state index < -0.39 is 11.6 Å². The van der Waals surface area contributed by atoms with Crippen LogP contribution in [0.15, 0.2) is 42.5 Å². The summed E-state index contributed by atoms with van der Waals surface area (Å²) in [5.41, 5.74) is 0.549. The third kappa shape index (κ3) is 3.79. The normalized spacial score (nSPS) is 20.4. The van der Waals surface area contributed by atoms with Gasteiger partial charge in [-0.3, -0.25) is 4.79 Å². The average molecular weight is 346 g/mol. The summed E-state index contributed by atoms with van der Waals surface area (Å²) in [6, 6.07) is 9.97. The number of piperazine rings is 1. The summed E-state index contributed by atoms with van der Waals surface area (Å²) >= 11 is 0. The van der Waals surface area contributed by atoms with Crippen LogP contribution in [0.5, 0.6) is 11.5 Å². The summed E-state index contributed by atoms with van der Waals surface area (Å²) in [6.07, 6.45) is 0. The van der Waals surface area contributed by atoms with Gasteiger partial charge in [-0.1, -0.05) is 0 Å². The molecule has 1 aliphatic heterocycles. The lowest BCUT2D eigenvalue weighted by Gasteiger charge is -2.38. The lowest BCUT2D eigenvalue weighted by Crippen LogP contribution is -2.57. The number of benzene rings is 2. The molecule has 1 fully saturated rings. The number of halogens is 2. The van der Waals surface area contributed by atoms with E-state index in [1.165, 1.54) is 6.07 Å². The van der Waals surface area contributed by atoms with Gasteiger partial charge in [0.05, 0.1) is 0 Å². The van der Waals surface area contributed by atoms with Gasteiger partial charge in [0.1, 0.15) is 11.6 Å². The fourth-order valence-electron chi connectivity index (χ4n) is 2.86. The highest BCUT2D eigenvalue weighted by Gasteiger charge is 2.28. The van der Waals surface area contributed by atoms with E-state index in [2.05, 4.69) is 12.2 Å². The number of nitrogens with zero attached hydrogens (tertiary/aromatic N) is 1. The molecule has 0 radical (unpaired) electrons. The van der Waals surface area contributed by atoms with Crippen molar-refractivity contribution in [1.82, 2.24) is 10.2 Å². The minimum Gasteiger partial charge on any atom is -0.454 e. The molecule has 2 unspecified atom stereocenters. The lowest BCUT2D eigenvalue weighted by molar-refractivity contribution is 0.0603. The zero-order valence-electron chi connectivity index (χ0n) is 14.1. The number of ether oxygens (including phenoxy) is 1. The third-order valence-corrected chi connectivity index (χ3v) is 4.52. The number of hydrogen-bond donors (Lipinski definition) is 1. The molecule has 6 heteroatoms. The van der Waals surface area contributed by atoms with E-state index in [0.717, 1.165) is 18.7 Å². The maximum Gasteiger partial charge on any atom is 0.254 e. The minimum absolute atomic E-state index is 0.0413. The molecule has 0 aromatic heterocycles. The van der Waals surface area contributed by atoms with Gasteiger partial charge in [-0.05, 0) is 50.2 Å². The van der Waals surface area contributed by atoms with Crippen molar-refractivity contribution in [3.63, 3.8) is 0 Å². The summed E-state index contributed by atoms with van der Waals surface area (Å²) in [4.78, 5) is 14.5. The van der Waals surface area contributed by atoms with Crippen LogP contribution in [-0.2, 0) is 0 Å². The fourth-order valence-corrected chi connectivity index (χ4v) is 2.86. The van der Waals surface area contributed by atoms with E-state index in [1.807, 2.05) is 11.8 Å². The second kappa shape index (κ2) is 7.19. The Morgan fingerprint density at radius 3 is 2.56 bits per heavy atom. The van der Waals surface area contributed by atoms with Crippen molar-refractivity contribution in [3.05, 3.63) is 59.7 Å². The quantitative estimate of drug-likeness (QED) is 0.924. The van der Waals surface area contributed by atoms with Crippen LogP contribution in [0, 0.1) is 11.6 Å². The van der Waals surface area contributed by atoms with E-state index in [1.54, 1.807) is 24.3 Å². The Balaban J connectivity index is 1.72. The molecule has 0 aliphatic carbocycles. The highest BCUT2D eigenvalue weighted by molar-refractivity contribution is 5.94. The summed E-state index contributed by atoms with van der Waals surface area (Å²) in [6.45, 7) is 5.49. The Labute approximate surface area is 145 Å². The topological polar surface area (TPSA) is 41.6 Å². The van der Waals surface area contributed by atoms with E-state index >= 15 is 0 Å². The highest BCUT2D eigenvalue weighted by Crippen LogP contribution is 2.25. The Bertz CT molecular complexity index is 765. The molecule has 25 heavy (non-hydrogen) atoms. The number of carbonyl (C=O) groups is 1. The smallest absolute Gasteiger partial charge is 0.254 e. The standard InChI is InChI=1S/C19H20F2N2O2/c1-12-13(2)23(10-9-22-12)19(24)14-3-6-16(7-4-14)25-18-8-5-15(20)11-17(18)21/h3-8,11-13,22H,9-10H2,1-2H3.